The van der Waals surface area contributed by atoms with Crippen molar-refractivity contribution in [3.63, 3.8) is 0 Å². The minimum atomic E-state index is -0.178. The molecule has 0 aromatic heterocycles. The zero-order chi connectivity index (χ0) is 28.9. The van der Waals surface area contributed by atoms with Crippen LogP contribution in [0.2, 0.25) is 0 Å². The predicted molar refractivity (Wildman–Crippen MR) is 166 cm³/mol. The molecule has 4 aromatic carbocycles. The summed E-state index contributed by atoms with van der Waals surface area (Å²) in [4.78, 5) is 0. The highest BCUT2D eigenvalue weighted by Gasteiger charge is 1.95. The largest absolute Gasteiger partial charge is 0.207 e. The van der Waals surface area contributed by atoms with Crippen LogP contribution in [0, 0.1) is 24.4 Å². The highest BCUT2D eigenvalue weighted by atomic mass is 19.1. The minimum absolute atomic E-state index is 0.162. The summed E-state index contributed by atoms with van der Waals surface area (Å²) >= 11 is 0. The van der Waals surface area contributed by atoms with Gasteiger partial charge in [0, 0.05) is 0 Å². The van der Waals surface area contributed by atoms with E-state index in [2.05, 4.69) is 12.2 Å². The van der Waals surface area contributed by atoms with Gasteiger partial charge in [0.2, 0.25) is 0 Å². The molecule has 0 bridgehead atoms. The molecule has 0 saturated heterocycles. The molecule has 2 aliphatic carbocycles. The first-order valence-electron chi connectivity index (χ1n) is 14.4. The predicted octanol–water partition coefficient (Wildman–Crippen LogP) is 11.9. The van der Waals surface area contributed by atoms with Crippen molar-refractivity contribution in [1.82, 2.24) is 0 Å². The van der Waals surface area contributed by atoms with Crippen LogP contribution >= 0.6 is 0 Å². The standard InChI is InChI=1S/C7H7F.2C6H5F.C6H12.C6H10.C6H6/c1-6-3-2-4-7(8)5-6;2*7-6-4-2-1-3-5-6;3*1-2-4-6-5-3-1/h2-5H,1H3;2*1-5H;1-6H2;1-2H,3-6H2;1-6H. The first kappa shape index (κ1) is 34.4. The third kappa shape index (κ3) is 23.5. The van der Waals surface area contributed by atoms with Crippen LogP contribution < -0.4 is 0 Å². The molecule has 0 nitrogen and oxygen atoms in total. The van der Waals surface area contributed by atoms with Gasteiger partial charge in [0.15, 0.2) is 0 Å². The van der Waals surface area contributed by atoms with E-state index < -0.39 is 0 Å². The van der Waals surface area contributed by atoms with E-state index in [9.17, 15) is 13.2 Å². The number of halogens is 3. The Bertz CT molecular complexity index is 975. The Labute approximate surface area is 240 Å². The molecular weight excluding hydrogens is 501 g/mol. The van der Waals surface area contributed by atoms with Gasteiger partial charge in [-0.2, -0.15) is 0 Å². The fourth-order valence-corrected chi connectivity index (χ4v) is 3.64. The molecule has 214 valence electrons. The monoisotopic (exact) mass is 546 g/mol. The Morgan fingerprint density at radius 2 is 0.700 bits per heavy atom. The van der Waals surface area contributed by atoms with E-state index in [1.165, 1.54) is 101 Å². The molecule has 0 unspecified atom stereocenters. The third-order valence-corrected chi connectivity index (χ3v) is 5.77. The van der Waals surface area contributed by atoms with Crippen molar-refractivity contribution in [2.75, 3.05) is 0 Å². The van der Waals surface area contributed by atoms with Gasteiger partial charge in [-0.05, 0) is 74.6 Å². The summed E-state index contributed by atoms with van der Waals surface area (Å²) in [7, 11) is 0. The van der Waals surface area contributed by atoms with Crippen LogP contribution in [0.25, 0.3) is 0 Å². The molecule has 1 saturated carbocycles. The van der Waals surface area contributed by atoms with Gasteiger partial charge in [0.05, 0.1) is 0 Å². The van der Waals surface area contributed by atoms with E-state index in [1.54, 1.807) is 42.5 Å². The Balaban J connectivity index is 0.000000241. The second kappa shape index (κ2) is 25.7. The van der Waals surface area contributed by atoms with Gasteiger partial charge in [-0.3, -0.25) is 0 Å². The maximum absolute atomic E-state index is 12.2. The summed E-state index contributed by atoms with van der Waals surface area (Å²) in [5, 5.41) is 0. The zero-order valence-corrected chi connectivity index (χ0v) is 23.9. The van der Waals surface area contributed by atoms with Crippen molar-refractivity contribution in [3.8, 4) is 0 Å². The molecule has 0 spiro atoms. The Kier molecular flexibility index (Phi) is 22.1. The second-order valence-electron chi connectivity index (χ2n) is 9.42. The lowest BCUT2D eigenvalue weighted by molar-refractivity contribution is 0.504. The lowest BCUT2D eigenvalue weighted by Crippen LogP contribution is -1.85. The highest BCUT2D eigenvalue weighted by Crippen LogP contribution is 2.15. The zero-order valence-electron chi connectivity index (χ0n) is 23.9. The number of rotatable bonds is 0. The van der Waals surface area contributed by atoms with Crippen LogP contribution in [-0.4, -0.2) is 0 Å². The molecule has 0 heterocycles. The smallest absolute Gasteiger partial charge is 0.123 e. The van der Waals surface area contributed by atoms with Gasteiger partial charge in [-0.25, -0.2) is 13.2 Å². The summed E-state index contributed by atoms with van der Waals surface area (Å²) in [6.45, 7) is 1.86. The number of allylic oxidation sites excluding steroid dienone is 2. The van der Waals surface area contributed by atoms with E-state index >= 15 is 0 Å². The average molecular weight is 547 g/mol. The van der Waals surface area contributed by atoms with E-state index in [0.717, 1.165) is 5.56 Å². The maximum atomic E-state index is 12.2. The fourth-order valence-electron chi connectivity index (χ4n) is 3.64. The molecule has 1 fully saturated rings. The topological polar surface area (TPSA) is 0 Å². The first-order valence-corrected chi connectivity index (χ1v) is 14.4. The SMILES string of the molecule is C1=CCCCC1.C1CCCCC1.Cc1cccc(F)c1.Fc1ccccc1.Fc1ccccc1.c1ccccc1. The van der Waals surface area contributed by atoms with Crippen molar-refractivity contribution in [1.29, 1.82) is 0 Å². The molecule has 6 rings (SSSR count). The Morgan fingerprint density at radius 1 is 0.375 bits per heavy atom. The summed E-state index contributed by atoms with van der Waals surface area (Å²) < 4.78 is 36.0. The van der Waals surface area contributed by atoms with Gasteiger partial charge in [0.25, 0.3) is 0 Å². The number of benzene rings is 4. The summed E-state index contributed by atoms with van der Waals surface area (Å²) in [6, 6.07) is 34.4. The number of hydrogen-bond acceptors (Lipinski definition) is 0. The van der Waals surface area contributed by atoms with Gasteiger partial charge < -0.3 is 0 Å². The van der Waals surface area contributed by atoms with Gasteiger partial charge in [-0.15, -0.1) is 0 Å². The molecule has 2 aliphatic rings. The van der Waals surface area contributed by atoms with Crippen LogP contribution in [0.15, 0.2) is 133 Å². The Morgan fingerprint density at radius 3 is 0.900 bits per heavy atom. The van der Waals surface area contributed by atoms with E-state index in [1.807, 2.05) is 49.4 Å². The summed E-state index contributed by atoms with van der Waals surface area (Å²) in [5.74, 6) is -0.519. The van der Waals surface area contributed by atoms with Gasteiger partial charge in [-0.1, -0.05) is 136 Å². The molecular formula is C37H45F3. The number of hydrogen-bond donors (Lipinski definition) is 0. The normalized spacial score (nSPS) is 12.9. The van der Waals surface area contributed by atoms with Crippen LogP contribution in [0.3, 0.4) is 0 Å². The molecule has 0 radical (unpaired) electrons. The maximum Gasteiger partial charge on any atom is 0.123 e. The molecule has 0 N–H and O–H groups in total. The summed E-state index contributed by atoms with van der Waals surface area (Å²) in [6.07, 6.45) is 19.0. The lowest BCUT2D eigenvalue weighted by Gasteiger charge is -2.05. The third-order valence-electron chi connectivity index (χ3n) is 5.77. The second-order valence-corrected chi connectivity index (χ2v) is 9.42. The van der Waals surface area contributed by atoms with Gasteiger partial charge >= 0.3 is 0 Å². The quantitative estimate of drug-likeness (QED) is 0.192. The summed E-state index contributed by atoms with van der Waals surface area (Å²) in [5.41, 5.74) is 0.963. The average Bonchev–Trinajstić information content (AvgIpc) is 3.02. The van der Waals surface area contributed by atoms with E-state index in [-0.39, 0.29) is 17.5 Å². The lowest BCUT2D eigenvalue weighted by atomic mass is 10.0. The van der Waals surface area contributed by atoms with Crippen molar-refractivity contribution >= 4 is 0 Å². The van der Waals surface area contributed by atoms with Crippen molar-refractivity contribution in [3.05, 3.63) is 156 Å². The fraction of sp³-hybridized carbons (Fsp3) is 0.297. The first-order chi connectivity index (χ1) is 19.6. The van der Waals surface area contributed by atoms with Crippen molar-refractivity contribution in [2.45, 2.75) is 71.1 Å². The molecule has 0 atom stereocenters. The van der Waals surface area contributed by atoms with Crippen LogP contribution in [0.4, 0.5) is 13.2 Å². The highest BCUT2D eigenvalue weighted by molar-refractivity contribution is 5.13. The molecule has 3 heteroatoms. The van der Waals surface area contributed by atoms with E-state index in [4.69, 9.17) is 0 Å². The van der Waals surface area contributed by atoms with Gasteiger partial charge in [0.1, 0.15) is 17.5 Å². The number of aryl methyl sites for hydroxylation is 1. The molecule has 0 amide bonds. The van der Waals surface area contributed by atoms with Crippen LogP contribution in [0.5, 0.6) is 0 Å². The molecule has 4 aromatic rings. The Hall–Kier alpha value is -3.59. The molecule has 40 heavy (non-hydrogen) atoms. The molecule has 0 aliphatic heterocycles. The minimum Gasteiger partial charge on any atom is -0.207 e. The van der Waals surface area contributed by atoms with Crippen molar-refractivity contribution < 1.29 is 13.2 Å². The van der Waals surface area contributed by atoms with Crippen LogP contribution in [0.1, 0.15) is 69.8 Å². The van der Waals surface area contributed by atoms with E-state index in [0.29, 0.717) is 0 Å². The van der Waals surface area contributed by atoms with Crippen molar-refractivity contribution in [2.24, 2.45) is 0 Å². The van der Waals surface area contributed by atoms with Crippen LogP contribution in [-0.2, 0) is 0 Å².